The van der Waals surface area contributed by atoms with Crippen molar-refractivity contribution >= 4 is 0 Å². The molecule has 0 aromatic carbocycles. The molecular weight excluding hydrogens is 248 g/mol. The summed E-state index contributed by atoms with van der Waals surface area (Å²) in [7, 11) is 1.85. The van der Waals surface area contributed by atoms with Crippen LogP contribution in [-0.2, 0) is 4.74 Å². The Kier molecular flexibility index (Phi) is 6.31. The Morgan fingerprint density at radius 2 is 1.90 bits per heavy atom. The lowest BCUT2D eigenvalue weighted by Gasteiger charge is -2.46. The number of hydrogen-bond acceptors (Lipinski definition) is 3. The summed E-state index contributed by atoms with van der Waals surface area (Å²) in [4.78, 5) is 2.71. The first-order valence-corrected chi connectivity index (χ1v) is 8.72. The van der Waals surface area contributed by atoms with E-state index < -0.39 is 0 Å². The second-order valence-electron chi connectivity index (χ2n) is 6.94. The molecule has 2 N–H and O–H groups in total. The number of hydrogen-bond donors (Lipinski definition) is 1. The van der Waals surface area contributed by atoms with Gasteiger partial charge in [-0.15, -0.1) is 0 Å². The Hall–Kier alpha value is -0.120. The zero-order valence-electron chi connectivity index (χ0n) is 13.6. The monoisotopic (exact) mass is 282 g/mol. The lowest BCUT2D eigenvalue weighted by molar-refractivity contribution is -0.00814. The molecule has 2 unspecified atom stereocenters. The maximum Gasteiger partial charge on any atom is 0.0595 e. The average Bonchev–Trinajstić information content (AvgIpc) is 2.71. The van der Waals surface area contributed by atoms with Crippen LogP contribution < -0.4 is 5.73 Å². The van der Waals surface area contributed by atoms with Crippen LogP contribution in [-0.4, -0.2) is 43.3 Å². The Balaban J connectivity index is 1.95. The van der Waals surface area contributed by atoms with E-state index in [1.165, 1.54) is 70.9 Å². The first-order chi connectivity index (χ1) is 9.74. The molecule has 1 aliphatic carbocycles. The van der Waals surface area contributed by atoms with E-state index in [4.69, 9.17) is 10.5 Å². The smallest absolute Gasteiger partial charge is 0.0595 e. The van der Waals surface area contributed by atoms with Crippen molar-refractivity contribution in [2.75, 3.05) is 26.7 Å². The van der Waals surface area contributed by atoms with E-state index in [0.717, 1.165) is 12.5 Å². The van der Waals surface area contributed by atoms with Crippen LogP contribution in [0, 0.1) is 5.92 Å². The van der Waals surface area contributed by atoms with E-state index in [9.17, 15) is 0 Å². The minimum atomic E-state index is 0.293. The second kappa shape index (κ2) is 7.77. The Bertz CT molecular complexity index is 276. The number of nitrogens with zero attached hydrogens (tertiary/aromatic N) is 1. The lowest BCUT2D eigenvalue weighted by Crippen LogP contribution is -2.56. The van der Waals surface area contributed by atoms with Crippen molar-refractivity contribution in [1.29, 1.82) is 0 Å². The number of rotatable bonds is 5. The molecule has 0 radical (unpaired) electrons. The van der Waals surface area contributed by atoms with E-state index in [-0.39, 0.29) is 0 Å². The van der Waals surface area contributed by atoms with Crippen LogP contribution in [0.1, 0.15) is 64.7 Å². The lowest BCUT2D eigenvalue weighted by atomic mass is 9.85. The van der Waals surface area contributed by atoms with Crippen LogP contribution in [0.25, 0.3) is 0 Å². The topological polar surface area (TPSA) is 38.5 Å². The molecule has 0 bridgehead atoms. The Morgan fingerprint density at radius 3 is 2.50 bits per heavy atom. The molecule has 3 heteroatoms. The van der Waals surface area contributed by atoms with Gasteiger partial charge in [-0.25, -0.2) is 0 Å². The van der Waals surface area contributed by atoms with Crippen LogP contribution in [0.5, 0.6) is 0 Å². The number of likely N-dealkylation sites (tertiary alicyclic amines) is 1. The third-order valence-electron chi connectivity index (χ3n) is 5.80. The molecule has 3 nitrogen and oxygen atoms in total. The molecular formula is C17H34N2O. The zero-order chi connectivity index (χ0) is 14.4. The maximum absolute atomic E-state index is 6.25. The first kappa shape index (κ1) is 16.3. The summed E-state index contributed by atoms with van der Waals surface area (Å²) >= 11 is 0. The Morgan fingerprint density at radius 1 is 1.15 bits per heavy atom. The highest BCUT2D eigenvalue weighted by molar-refractivity contribution is 4.96. The maximum atomic E-state index is 6.25. The fourth-order valence-electron chi connectivity index (χ4n) is 4.37. The van der Waals surface area contributed by atoms with Gasteiger partial charge in [0.25, 0.3) is 0 Å². The number of ether oxygens (including phenoxy) is 1. The molecule has 1 aliphatic heterocycles. The van der Waals surface area contributed by atoms with Gasteiger partial charge in [-0.05, 0) is 38.0 Å². The van der Waals surface area contributed by atoms with Crippen molar-refractivity contribution in [2.24, 2.45) is 11.7 Å². The highest BCUT2D eigenvalue weighted by Gasteiger charge is 2.38. The molecule has 20 heavy (non-hydrogen) atoms. The fraction of sp³-hybridized carbons (Fsp3) is 1.00. The van der Waals surface area contributed by atoms with Gasteiger partial charge in [0.05, 0.1) is 6.10 Å². The first-order valence-electron chi connectivity index (χ1n) is 8.72. The molecule has 118 valence electrons. The quantitative estimate of drug-likeness (QED) is 0.787. The van der Waals surface area contributed by atoms with Gasteiger partial charge in [0, 0.05) is 32.3 Å². The summed E-state index contributed by atoms with van der Waals surface area (Å²) < 4.78 is 5.51. The fourth-order valence-corrected chi connectivity index (χ4v) is 4.37. The third kappa shape index (κ3) is 3.75. The van der Waals surface area contributed by atoms with Gasteiger partial charge >= 0.3 is 0 Å². The molecule has 0 aromatic rings. The minimum Gasteiger partial charge on any atom is -0.381 e. The van der Waals surface area contributed by atoms with Crippen molar-refractivity contribution in [3.63, 3.8) is 0 Å². The predicted molar refractivity (Wildman–Crippen MR) is 84.9 cm³/mol. The van der Waals surface area contributed by atoms with E-state index >= 15 is 0 Å². The molecule has 0 amide bonds. The standard InChI is InChI=1S/C17H34N2O/c1-3-5-15-6-4-10-17(14-18,11-7-15)19-12-8-16(20-2)9-13-19/h15-16H,3-14,18H2,1-2H3. The van der Waals surface area contributed by atoms with Crippen molar-refractivity contribution in [3.05, 3.63) is 0 Å². The molecule has 1 saturated carbocycles. The van der Waals surface area contributed by atoms with Crippen LogP contribution in [0.2, 0.25) is 0 Å². The van der Waals surface area contributed by atoms with E-state index in [0.29, 0.717) is 11.6 Å². The Labute approximate surface area is 125 Å². The highest BCUT2D eigenvalue weighted by Crippen LogP contribution is 2.37. The van der Waals surface area contributed by atoms with Crippen molar-refractivity contribution in [3.8, 4) is 0 Å². The third-order valence-corrected chi connectivity index (χ3v) is 5.80. The zero-order valence-corrected chi connectivity index (χ0v) is 13.6. The van der Waals surface area contributed by atoms with Crippen LogP contribution in [0.4, 0.5) is 0 Å². The summed E-state index contributed by atoms with van der Waals surface area (Å²) in [6, 6.07) is 0. The molecule has 0 spiro atoms. The van der Waals surface area contributed by atoms with E-state index in [1.54, 1.807) is 0 Å². The summed E-state index contributed by atoms with van der Waals surface area (Å²) in [5, 5.41) is 0. The predicted octanol–water partition coefficient (Wildman–Crippen LogP) is 3.18. The van der Waals surface area contributed by atoms with Gasteiger partial charge in [-0.3, -0.25) is 4.90 Å². The largest absolute Gasteiger partial charge is 0.381 e. The number of nitrogens with two attached hydrogens (primary N) is 1. The van der Waals surface area contributed by atoms with Crippen molar-refractivity contribution < 1.29 is 4.74 Å². The van der Waals surface area contributed by atoms with Gasteiger partial charge < -0.3 is 10.5 Å². The molecule has 2 atom stereocenters. The van der Waals surface area contributed by atoms with Crippen LogP contribution in [0.15, 0.2) is 0 Å². The van der Waals surface area contributed by atoms with Gasteiger partial charge in [-0.1, -0.05) is 32.6 Å². The molecule has 1 heterocycles. The summed E-state index contributed by atoms with van der Waals surface area (Å²) in [6.07, 6.45) is 12.4. The summed E-state index contributed by atoms with van der Waals surface area (Å²) in [5.74, 6) is 0.949. The SMILES string of the molecule is CCCC1CCCC(CN)(N2CCC(OC)CC2)CC1. The van der Waals surface area contributed by atoms with Crippen LogP contribution in [0.3, 0.4) is 0 Å². The molecule has 2 rings (SSSR count). The summed E-state index contributed by atoms with van der Waals surface area (Å²) in [5.41, 5.74) is 6.55. The summed E-state index contributed by atoms with van der Waals surface area (Å²) in [6.45, 7) is 5.50. The van der Waals surface area contributed by atoms with E-state index in [1.807, 2.05) is 7.11 Å². The van der Waals surface area contributed by atoms with Crippen LogP contribution >= 0.6 is 0 Å². The number of methoxy groups -OCH3 is 1. The molecule has 0 aromatic heterocycles. The average molecular weight is 282 g/mol. The van der Waals surface area contributed by atoms with E-state index in [2.05, 4.69) is 11.8 Å². The second-order valence-corrected chi connectivity index (χ2v) is 6.94. The normalized spacial score (nSPS) is 34.0. The molecule has 2 aliphatic rings. The van der Waals surface area contributed by atoms with Crippen molar-refractivity contribution in [1.82, 2.24) is 4.90 Å². The van der Waals surface area contributed by atoms with Gasteiger partial charge in [0.15, 0.2) is 0 Å². The van der Waals surface area contributed by atoms with Gasteiger partial charge in [-0.2, -0.15) is 0 Å². The van der Waals surface area contributed by atoms with Gasteiger partial charge in [0.1, 0.15) is 0 Å². The highest BCUT2D eigenvalue weighted by atomic mass is 16.5. The minimum absolute atomic E-state index is 0.293. The molecule has 1 saturated heterocycles. The number of piperidine rings is 1. The molecule has 2 fully saturated rings. The van der Waals surface area contributed by atoms with Crippen molar-refractivity contribution in [2.45, 2.75) is 76.4 Å². The van der Waals surface area contributed by atoms with Gasteiger partial charge in [0.2, 0.25) is 0 Å².